The van der Waals surface area contributed by atoms with Gasteiger partial charge >= 0.3 is 5.97 Å². The van der Waals surface area contributed by atoms with Crippen LogP contribution in [0.15, 0.2) is 29.2 Å². The van der Waals surface area contributed by atoms with E-state index in [1.54, 1.807) is 0 Å². The van der Waals surface area contributed by atoms with Crippen LogP contribution in [0.25, 0.3) is 0 Å². The maximum Gasteiger partial charge on any atom is 0.307 e. The van der Waals surface area contributed by atoms with Gasteiger partial charge in [0, 0.05) is 19.2 Å². The first kappa shape index (κ1) is 18.1. The summed E-state index contributed by atoms with van der Waals surface area (Å²) in [5, 5.41) is 2.55. The Morgan fingerprint density at radius 2 is 1.82 bits per heavy atom. The van der Waals surface area contributed by atoms with E-state index in [1.165, 1.54) is 31.2 Å². The van der Waals surface area contributed by atoms with Crippen LogP contribution >= 0.6 is 0 Å². The predicted octanol–water partition coefficient (Wildman–Crippen LogP) is 1.27. The van der Waals surface area contributed by atoms with Crippen LogP contribution in [0, 0.1) is 0 Å². The van der Waals surface area contributed by atoms with Crippen molar-refractivity contribution in [3.05, 3.63) is 24.3 Å². The third-order valence-electron chi connectivity index (χ3n) is 2.57. The molecule has 22 heavy (non-hydrogen) atoms. The van der Waals surface area contributed by atoms with Crippen LogP contribution in [0.4, 0.5) is 5.69 Å². The van der Waals surface area contributed by atoms with Crippen LogP contribution < -0.4 is 10.0 Å². The summed E-state index contributed by atoms with van der Waals surface area (Å²) >= 11 is 0. The van der Waals surface area contributed by atoms with Gasteiger partial charge in [-0.25, -0.2) is 13.1 Å². The zero-order valence-electron chi connectivity index (χ0n) is 12.6. The van der Waals surface area contributed by atoms with E-state index in [2.05, 4.69) is 10.0 Å². The number of carbonyl (C=O) groups excluding carboxylic acids is 2. The molecule has 0 fully saturated rings. The zero-order chi connectivity index (χ0) is 16.6. The third-order valence-corrected chi connectivity index (χ3v) is 4.05. The van der Waals surface area contributed by atoms with E-state index in [-0.39, 0.29) is 23.8 Å². The number of benzene rings is 1. The summed E-state index contributed by atoms with van der Waals surface area (Å²) in [6.07, 6.45) is 0.696. The number of nitrogens with one attached hydrogen (secondary N) is 2. The molecule has 0 spiro atoms. The van der Waals surface area contributed by atoms with Gasteiger partial charge in [-0.05, 0) is 30.7 Å². The first-order chi connectivity index (χ1) is 10.3. The summed E-state index contributed by atoms with van der Waals surface area (Å²) in [6, 6.07) is 5.74. The third kappa shape index (κ3) is 6.23. The van der Waals surface area contributed by atoms with Crippen molar-refractivity contribution >= 4 is 27.6 Å². The van der Waals surface area contributed by atoms with Gasteiger partial charge in [-0.2, -0.15) is 0 Å². The number of hydrogen-bond donors (Lipinski definition) is 2. The summed E-state index contributed by atoms with van der Waals surface area (Å²) in [4.78, 5) is 22.2. The molecule has 0 radical (unpaired) electrons. The maximum atomic E-state index is 12.0. The van der Waals surface area contributed by atoms with Crippen LogP contribution in [-0.4, -0.2) is 33.4 Å². The van der Waals surface area contributed by atoms with E-state index in [1.807, 2.05) is 6.92 Å². The Balaban J connectivity index is 2.55. The maximum absolute atomic E-state index is 12.0. The highest BCUT2D eigenvalue weighted by molar-refractivity contribution is 7.89. The van der Waals surface area contributed by atoms with Crippen molar-refractivity contribution in [1.29, 1.82) is 0 Å². The summed E-state index contributed by atoms with van der Waals surface area (Å²) in [6.45, 7) is 3.54. The number of hydrogen-bond acceptors (Lipinski definition) is 5. The average molecular weight is 328 g/mol. The molecule has 0 aliphatic rings. The van der Waals surface area contributed by atoms with Gasteiger partial charge in [0.25, 0.3) is 0 Å². The molecule has 0 aliphatic carbocycles. The normalized spacial score (nSPS) is 11.0. The van der Waals surface area contributed by atoms with Gasteiger partial charge in [0.2, 0.25) is 15.9 Å². The molecule has 0 aliphatic heterocycles. The Kier molecular flexibility index (Phi) is 7.00. The van der Waals surface area contributed by atoms with E-state index in [9.17, 15) is 18.0 Å². The fraction of sp³-hybridized carbons (Fsp3) is 0.429. The van der Waals surface area contributed by atoms with Crippen molar-refractivity contribution in [3.63, 3.8) is 0 Å². The van der Waals surface area contributed by atoms with Gasteiger partial charge in [-0.1, -0.05) is 6.92 Å². The average Bonchev–Trinajstić information content (AvgIpc) is 2.45. The van der Waals surface area contributed by atoms with Crippen LogP contribution in [-0.2, 0) is 24.3 Å². The predicted molar refractivity (Wildman–Crippen MR) is 81.8 cm³/mol. The number of anilines is 1. The van der Waals surface area contributed by atoms with Crippen molar-refractivity contribution in [2.24, 2.45) is 0 Å². The smallest absolute Gasteiger partial charge is 0.307 e. The fourth-order valence-corrected chi connectivity index (χ4v) is 2.61. The van der Waals surface area contributed by atoms with E-state index >= 15 is 0 Å². The van der Waals surface area contributed by atoms with Crippen molar-refractivity contribution in [2.45, 2.75) is 31.6 Å². The van der Waals surface area contributed by atoms with E-state index < -0.39 is 16.0 Å². The number of rotatable bonds is 8. The molecule has 2 N–H and O–H groups in total. The molecule has 0 saturated carbocycles. The number of ether oxygens (including phenoxy) is 1. The quantitative estimate of drug-likeness (QED) is 0.700. The van der Waals surface area contributed by atoms with Gasteiger partial charge < -0.3 is 10.1 Å². The molecule has 0 bridgehead atoms. The highest BCUT2D eigenvalue weighted by Crippen LogP contribution is 2.13. The molecule has 1 aromatic rings. The van der Waals surface area contributed by atoms with Crippen LogP contribution in [0.5, 0.6) is 0 Å². The van der Waals surface area contributed by atoms with Crippen molar-refractivity contribution in [1.82, 2.24) is 4.72 Å². The molecule has 1 amide bonds. The van der Waals surface area contributed by atoms with Gasteiger partial charge in [-0.3, -0.25) is 9.59 Å². The summed E-state index contributed by atoms with van der Waals surface area (Å²) in [5.41, 5.74) is 0.509. The molecule has 122 valence electrons. The molecule has 0 aromatic heterocycles. The molecule has 1 aromatic carbocycles. The Bertz CT molecular complexity index is 611. The van der Waals surface area contributed by atoms with Gasteiger partial charge in [0.15, 0.2) is 0 Å². The molecule has 8 heteroatoms. The monoisotopic (exact) mass is 328 g/mol. The minimum absolute atomic E-state index is 0.0246. The largest absolute Gasteiger partial charge is 0.466 e. The van der Waals surface area contributed by atoms with E-state index in [0.717, 1.165) is 6.42 Å². The number of sulfonamides is 1. The Labute approximate surface area is 130 Å². The van der Waals surface area contributed by atoms with Crippen molar-refractivity contribution in [3.8, 4) is 0 Å². The molecule has 0 saturated heterocycles. The van der Waals surface area contributed by atoms with Crippen molar-refractivity contribution in [2.75, 3.05) is 18.5 Å². The van der Waals surface area contributed by atoms with Crippen LogP contribution in [0.3, 0.4) is 0 Å². The lowest BCUT2D eigenvalue weighted by Crippen LogP contribution is -2.26. The first-order valence-corrected chi connectivity index (χ1v) is 8.36. The lowest BCUT2D eigenvalue weighted by Gasteiger charge is -2.08. The highest BCUT2D eigenvalue weighted by Gasteiger charge is 2.14. The molecular formula is C14H20N2O5S. The van der Waals surface area contributed by atoms with E-state index in [4.69, 9.17) is 4.74 Å². The number of esters is 1. The first-order valence-electron chi connectivity index (χ1n) is 6.88. The Morgan fingerprint density at radius 3 is 2.36 bits per heavy atom. The molecule has 0 unspecified atom stereocenters. The highest BCUT2D eigenvalue weighted by atomic mass is 32.2. The second-order valence-corrected chi connectivity index (χ2v) is 6.34. The Hall–Kier alpha value is -1.93. The molecule has 0 atom stereocenters. The SMILES string of the molecule is CCCOC(=O)CCNS(=O)(=O)c1ccc(NC(C)=O)cc1. The lowest BCUT2D eigenvalue weighted by molar-refractivity contribution is -0.143. The van der Waals surface area contributed by atoms with Gasteiger partial charge in [-0.15, -0.1) is 0 Å². The molecule has 0 heterocycles. The molecule has 1 rings (SSSR count). The lowest BCUT2D eigenvalue weighted by atomic mass is 10.3. The Morgan fingerprint density at radius 1 is 1.18 bits per heavy atom. The summed E-state index contributed by atoms with van der Waals surface area (Å²) < 4.78 is 31.2. The topological polar surface area (TPSA) is 102 Å². The van der Waals surface area contributed by atoms with E-state index in [0.29, 0.717) is 12.3 Å². The summed E-state index contributed by atoms with van der Waals surface area (Å²) in [5.74, 6) is -0.676. The van der Waals surface area contributed by atoms with Crippen molar-refractivity contribution < 1.29 is 22.7 Å². The standard InChI is InChI=1S/C14H20N2O5S/c1-3-10-21-14(18)8-9-15-22(19,20)13-6-4-12(5-7-13)16-11(2)17/h4-7,15H,3,8-10H2,1-2H3,(H,16,17). The number of amides is 1. The van der Waals surface area contributed by atoms with Crippen LogP contribution in [0.1, 0.15) is 26.7 Å². The summed E-state index contributed by atoms with van der Waals surface area (Å²) in [7, 11) is -3.69. The van der Waals surface area contributed by atoms with Gasteiger partial charge in [0.05, 0.1) is 17.9 Å². The zero-order valence-corrected chi connectivity index (χ0v) is 13.4. The molecular weight excluding hydrogens is 308 g/mol. The number of carbonyl (C=O) groups is 2. The second-order valence-electron chi connectivity index (χ2n) is 4.57. The second kappa shape index (κ2) is 8.50. The minimum atomic E-state index is -3.69. The van der Waals surface area contributed by atoms with Crippen LogP contribution in [0.2, 0.25) is 0 Å². The molecule has 7 nitrogen and oxygen atoms in total. The minimum Gasteiger partial charge on any atom is -0.466 e. The fourth-order valence-electron chi connectivity index (χ4n) is 1.58. The van der Waals surface area contributed by atoms with Gasteiger partial charge in [0.1, 0.15) is 0 Å².